The van der Waals surface area contributed by atoms with Crippen molar-refractivity contribution >= 4 is 17.0 Å². The van der Waals surface area contributed by atoms with Crippen LogP contribution >= 0.6 is 0 Å². The number of nitrogens with zero attached hydrogens (tertiary/aromatic N) is 3. The number of aliphatic hydroxyl groups excluding tert-OH is 1. The van der Waals surface area contributed by atoms with Crippen LogP contribution in [0.2, 0.25) is 0 Å². The molecule has 0 fully saturated rings. The van der Waals surface area contributed by atoms with Crippen molar-refractivity contribution in [1.82, 2.24) is 15.0 Å². The second-order valence-electron chi connectivity index (χ2n) is 8.40. The molecule has 0 spiro atoms. The number of esters is 1. The number of benzene rings is 2. The Balaban J connectivity index is 1.90. The third-order valence-corrected chi connectivity index (χ3v) is 5.38. The van der Waals surface area contributed by atoms with Gasteiger partial charge in [-0.1, -0.05) is 39.5 Å². The molecule has 1 aromatic heterocycles. The quantitative estimate of drug-likeness (QED) is 0.387. The van der Waals surface area contributed by atoms with E-state index in [4.69, 9.17) is 9.47 Å². The molecule has 2 aromatic carbocycles. The molecule has 8 nitrogen and oxygen atoms in total. The van der Waals surface area contributed by atoms with E-state index in [-0.39, 0.29) is 30.0 Å². The Hall–Kier alpha value is -3.39. The molecule has 32 heavy (non-hydrogen) atoms. The Morgan fingerprint density at radius 1 is 1.19 bits per heavy atom. The van der Waals surface area contributed by atoms with E-state index < -0.39 is 12.1 Å². The summed E-state index contributed by atoms with van der Waals surface area (Å²) in [6, 6.07) is 10.8. The molecule has 0 bridgehead atoms. The van der Waals surface area contributed by atoms with E-state index in [0.717, 1.165) is 6.42 Å². The Morgan fingerprint density at radius 2 is 1.81 bits per heavy atom. The zero-order valence-corrected chi connectivity index (χ0v) is 18.8. The van der Waals surface area contributed by atoms with E-state index in [1.54, 1.807) is 12.1 Å². The number of hydrogen-bond donors (Lipinski definition) is 2. The van der Waals surface area contributed by atoms with E-state index in [0.29, 0.717) is 28.0 Å². The summed E-state index contributed by atoms with van der Waals surface area (Å²) < 4.78 is 10.8. The number of aliphatic hydroxyl groups is 1. The lowest BCUT2D eigenvalue weighted by Crippen LogP contribution is -2.25. The molecule has 3 rings (SSSR count). The number of carbonyl (C=O) groups is 1. The molecule has 8 heteroatoms. The standard InChI is InChI=1S/C24H29N3O5/c1-6-24(4,5)18-11-17(31-13-16(28)14-32-23(30)15(2)3)12-21(22(18)29)27-25-19-9-7-8-10-20(19)26-27/h7-12,16,28-29H,2,6,13-14H2,1,3-5H3. The maximum Gasteiger partial charge on any atom is 0.333 e. The van der Waals surface area contributed by atoms with Gasteiger partial charge in [0.15, 0.2) is 0 Å². The summed E-state index contributed by atoms with van der Waals surface area (Å²) in [6.45, 7) is 10.8. The molecule has 1 atom stereocenters. The van der Waals surface area contributed by atoms with Crippen molar-refractivity contribution < 1.29 is 24.5 Å². The van der Waals surface area contributed by atoms with Gasteiger partial charge in [-0.25, -0.2) is 4.79 Å². The van der Waals surface area contributed by atoms with Crippen LogP contribution in [0.3, 0.4) is 0 Å². The van der Waals surface area contributed by atoms with Gasteiger partial charge in [0.1, 0.15) is 47.5 Å². The van der Waals surface area contributed by atoms with Crippen LogP contribution in [0.25, 0.3) is 16.7 Å². The van der Waals surface area contributed by atoms with Crippen molar-refractivity contribution in [3.8, 4) is 17.2 Å². The molecular weight excluding hydrogens is 410 g/mol. The number of rotatable bonds is 9. The number of phenolic OH excluding ortho intramolecular Hbond substituents is 1. The molecule has 0 amide bonds. The predicted molar refractivity (Wildman–Crippen MR) is 121 cm³/mol. The number of aromatic nitrogens is 3. The first-order chi connectivity index (χ1) is 15.1. The number of hydrogen-bond acceptors (Lipinski definition) is 7. The SMILES string of the molecule is C=C(C)C(=O)OCC(O)COc1cc(-n2nc3ccccc3n2)c(O)c(C(C)(C)CC)c1. The summed E-state index contributed by atoms with van der Waals surface area (Å²) >= 11 is 0. The lowest BCUT2D eigenvalue weighted by Gasteiger charge is -2.26. The highest BCUT2D eigenvalue weighted by atomic mass is 16.5. The van der Waals surface area contributed by atoms with Gasteiger partial charge in [-0.05, 0) is 37.0 Å². The van der Waals surface area contributed by atoms with Crippen molar-refractivity contribution in [3.05, 3.63) is 54.1 Å². The van der Waals surface area contributed by atoms with Crippen LogP contribution in [0.5, 0.6) is 11.5 Å². The zero-order valence-electron chi connectivity index (χ0n) is 18.8. The van der Waals surface area contributed by atoms with Gasteiger partial charge in [-0.15, -0.1) is 15.0 Å². The maximum absolute atomic E-state index is 11.5. The van der Waals surface area contributed by atoms with Gasteiger partial charge < -0.3 is 19.7 Å². The summed E-state index contributed by atoms with van der Waals surface area (Å²) in [7, 11) is 0. The lowest BCUT2D eigenvalue weighted by atomic mass is 9.81. The van der Waals surface area contributed by atoms with Gasteiger partial charge in [0.2, 0.25) is 0 Å². The minimum absolute atomic E-state index is 0.0699. The van der Waals surface area contributed by atoms with Crippen LogP contribution in [0.15, 0.2) is 48.6 Å². The van der Waals surface area contributed by atoms with E-state index in [1.807, 2.05) is 45.0 Å². The topological polar surface area (TPSA) is 107 Å². The Kier molecular flexibility index (Phi) is 6.84. The third kappa shape index (κ3) is 5.08. The smallest absolute Gasteiger partial charge is 0.333 e. The third-order valence-electron chi connectivity index (χ3n) is 5.38. The fourth-order valence-corrected chi connectivity index (χ4v) is 3.04. The van der Waals surface area contributed by atoms with Crippen LogP contribution in [0, 0.1) is 0 Å². The summed E-state index contributed by atoms with van der Waals surface area (Å²) in [5.74, 6) is -0.0684. The van der Waals surface area contributed by atoms with Crippen LogP contribution in [0.1, 0.15) is 39.7 Å². The number of aromatic hydroxyl groups is 1. The van der Waals surface area contributed by atoms with Crippen LogP contribution < -0.4 is 4.74 Å². The first-order valence-electron chi connectivity index (χ1n) is 10.5. The van der Waals surface area contributed by atoms with Gasteiger partial charge in [0, 0.05) is 17.2 Å². The molecule has 170 valence electrons. The minimum atomic E-state index is -1.02. The molecule has 0 aliphatic carbocycles. The van der Waals surface area contributed by atoms with E-state index in [2.05, 4.69) is 16.8 Å². The lowest BCUT2D eigenvalue weighted by molar-refractivity contribution is -0.142. The van der Waals surface area contributed by atoms with Gasteiger partial charge >= 0.3 is 5.97 Å². The van der Waals surface area contributed by atoms with Crippen molar-refractivity contribution in [3.63, 3.8) is 0 Å². The fourth-order valence-electron chi connectivity index (χ4n) is 3.04. The number of ether oxygens (including phenoxy) is 2. The van der Waals surface area contributed by atoms with Crippen molar-refractivity contribution in [2.45, 2.75) is 45.6 Å². The molecule has 0 radical (unpaired) electrons. The maximum atomic E-state index is 11.5. The largest absolute Gasteiger partial charge is 0.505 e. The molecule has 0 aliphatic heterocycles. The molecule has 0 saturated carbocycles. The highest BCUT2D eigenvalue weighted by molar-refractivity contribution is 5.86. The summed E-state index contributed by atoms with van der Waals surface area (Å²) in [5.41, 5.74) is 2.36. The van der Waals surface area contributed by atoms with E-state index in [1.165, 1.54) is 11.7 Å². The Morgan fingerprint density at radius 3 is 2.38 bits per heavy atom. The first kappa shape index (κ1) is 23.3. The second kappa shape index (κ2) is 9.40. The van der Waals surface area contributed by atoms with Crippen molar-refractivity contribution in [2.24, 2.45) is 0 Å². The molecule has 1 heterocycles. The highest BCUT2D eigenvalue weighted by Crippen LogP contribution is 2.40. The molecule has 1 unspecified atom stereocenters. The highest BCUT2D eigenvalue weighted by Gasteiger charge is 2.26. The first-order valence-corrected chi connectivity index (χ1v) is 10.5. The monoisotopic (exact) mass is 439 g/mol. The number of carbonyl (C=O) groups excluding carboxylic acids is 1. The molecule has 0 aliphatic rings. The Bertz CT molecular complexity index is 1100. The summed E-state index contributed by atoms with van der Waals surface area (Å²) in [6.07, 6.45) is -0.249. The van der Waals surface area contributed by atoms with Crippen molar-refractivity contribution in [1.29, 1.82) is 0 Å². The van der Waals surface area contributed by atoms with Crippen molar-refractivity contribution in [2.75, 3.05) is 13.2 Å². The summed E-state index contributed by atoms with van der Waals surface area (Å²) in [5, 5.41) is 30.1. The number of phenols is 1. The predicted octanol–water partition coefficient (Wildman–Crippen LogP) is 3.67. The normalized spacial score (nSPS) is 12.5. The van der Waals surface area contributed by atoms with E-state index in [9.17, 15) is 15.0 Å². The van der Waals surface area contributed by atoms with Gasteiger partial charge in [-0.2, -0.15) is 0 Å². The minimum Gasteiger partial charge on any atom is -0.505 e. The van der Waals surface area contributed by atoms with E-state index >= 15 is 0 Å². The zero-order chi connectivity index (χ0) is 23.5. The van der Waals surface area contributed by atoms with Gasteiger partial charge in [0.05, 0.1) is 0 Å². The van der Waals surface area contributed by atoms with Crippen LogP contribution in [-0.2, 0) is 14.9 Å². The molecule has 3 aromatic rings. The average Bonchev–Trinajstić information content (AvgIpc) is 3.20. The fraction of sp³-hybridized carbons (Fsp3) is 0.375. The van der Waals surface area contributed by atoms with Crippen LogP contribution in [0.4, 0.5) is 0 Å². The summed E-state index contributed by atoms with van der Waals surface area (Å²) in [4.78, 5) is 12.9. The molecule has 2 N–H and O–H groups in total. The van der Waals surface area contributed by atoms with Gasteiger partial charge in [0.25, 0.3) is 0 Å². The van der Waals surface area contributed by atoms with Gasteiger partial charge in [-0.3, -0.25) is 0 Å². The number of fused-ring (bicyclic) bond motifs is 1. The second-order valence-corrected chi connectivity index (χ2v) is 8.40. The Labute approximate surface area is 187 Å². The van der Waals surface area contributed by atoms with Crippen LogP contribution in [-0.4, -0.2) is 50.5 Å². The molecular formula is C24H29N3O5. The molecule has 0 saturated heterocycles. The average molecular weight is 440 g/mol.